The number of para-hydroxylation sites is 2. The number of sulfone groups is 1. The van der Waals surface area contributed by atoms with Crippen LogP contribution < -0.4 is 4.90 Å². The second-order valence-corrected chi connectivity index (χ2v) is 12.3. The molecule has 0 amide bonds. The van der Waals surface area contributed by atoms with Crippen LogP contribution in [0.25, 0.3) is 34.9 Å². The van der Waals surface area contributed by atoms with Crippen LogP contribution >= 0.6 is 0 Å². The van der Waals surface area contributed by atoms with Gasteiger partial charge in [0, 0.05) is 16.8 Å². The van der Waals surface area contributed by atoms with E-state index in [9.17, 15) is 18.9 Å². The second kappa shape index (κ2) is 10.7. The largest absolute Gasteiger partial charge is 0.309 e. The summed E-state index contributed by atoms with van der Waals surface area (Å²) < 4.78 is 27.7. The van der Waals surface area contributed by atoms with E-state index in [1.54, 1.807) is 24.3 Å². The highest BCUT2D eigenvalue weighted by atomic mass is 32.2. The maximum Gasteiger partial charge on any atom is 0.207 e. The number of nitrogens with zero attached hydrogens (tertiary/aromatic N) is 3. The van der Waals surface area contributed by atoms with Crippen molar-refractivity contribution in [3.8, 4) is 23.3 Å². The van der Waals surface area contributed by atoms with Crippen molar-refractivity contribution in [2.24, 2.45) is 0 Å². The molecule has 6 heteroatoms. The van der Waals surface area contributed by atoms with Gasteiger partial charge in [0.2, 0.25) is 9.84 Å². The molecule has 208 valence electrons. The fourth-order valence-corrected chi connectivity index (χ4v) is 7.53. The highest BCUT2D eigenvalue weighted by molar-refractivity contribution is 7.96. The first-order valence-electron chi connectivity index (χ1n) is 14.0. The fraction of sp³-hybridized carbons (Fsp3) is 0. The van der Waals surface area contributed by atoms with Gasteiger partial charge in [-0.3, -0.25) is 0 Å². The Labute approximate surface area is 256 Å². The standard InChI is InChI=1S/C38H23N3O2S/c39-24-31(25-40)38-33-23-30(27-8-2-1-3-9-27)18-21-36(33)44(42,43)37(38)22-26-14-19-32(20-15-26)41-34-12-6-4-10-28(34)16-17-29-11-5-7-13-35(29)41/h1-23H/b37-22-. The summed E-state index contributed by atoms with van der Waals surface area (Å²) in [6, 6.07) is 42.4. The molecule has 2 heterocycles. The third-order valence-corrected chi connectivity index (χ3v) is 9.74. The predicted molar refractivity (Wildman–Crippen MR) is 175 cm³/mol. The highest BCUT2D eigenvalue weighted by Gasteiger charge is 2.38. The molecule has 7 rings (SSSR count). The topological polar surface area (TPSA) is 85.0 Å². The quantitative estimate of drug-likeness (QED) is 0.194. The van der Waals surface area contributed by atoms with Gasteiger partial charge >= 0.3 is 0 Å². The number of fused-ring (bicyclic) bond motifs is 3. The number of nitriles is 2. The average molecular weight is 586 g/mol. The van der Waals surface area contributed by atoms with Crippen LogP contribution in [0.2, 0.25) is 0 Å². The van der Waals surface area contributed by atoms with Crippen molar-refractivity contribution in [1.29, 1.82) is 10.5 Å². The molecule has 5 aromatic carbocycles. The van der Waals surface area contributed by atoms with E-state index in [2.05, 4.69) is 41.3 Å². The van der Waals surface area contributed by atoms with Crippen LogP contribution in [-0.2, 0) is 9.84 Å². The van der Waals surface area contributed by atoms with Crippen molar-refractivity contribution in [3.63, 3.8) is 0 Å². The monoisotopic (exact) mass is 585 g/mol. The first-order chi connectivity index (χ1) is 21.5. The Bertz CT molecular complexity index is 2180. The zero-order valence-corrected chi connectivity index (χ0v) is 24.2. The Morgan fingerprint density at radius 1 is 0.659 bits per heavy atom. The summed E-state index contributed by atoms with van der Waals surface area (Å²) in [6.45, 7) is 0. The average Bonchev–Trinajstić information content (AvgIpc) is 3.17. The first kappa shape index (κ1) is 26.9. The molecule has 0 bridgehead atoms. The maximum absolute atomic E-state index is 13.9. The molecule has 0 saturated heterocycles. The van der Waals surface area contributed by atoms with Crippen LogP contribution in [0.15, 0.2) is 137 Å². The highest BCUT2D eigenvalue weighted by Crippen LogP contribution is 2.47. The van der Waals surface area contributed by atoms with Gasteiger partial charge in [-0.2, -0.15) is 10.5 Å². The molecular weight excluding hydrogens is 563 g/mol. The van der Waals surface area contributed by atoms with Crippen LogP contribution in [-0.4, -0.2) is 8.42 Å². The van der Waals surface area contributed by atoms with Gasteiger partial charge in [0.15, 0.2) is 0 Å². The summed E-state index contributed by atoms with van der Waals surface area (Å²) in [4.78, 5) is 2.21. The molecule has 0 spiro atoms. The van der Waals surface area contributed by atoms with E-state index < -0.39 is 9.84 Å². The van der Waals surface area contributed by atoms with E-state index >= 15 is 0 Å². The lowest BCUT2D eigenvalue weighted by Gasteiger charge is -2.27. The Kier molecular flexibility index (Phi) is 6.55. The molecule has 5 nitrogen and oxygen atoms in total. The number of allylic oxidation sites excluding steroid dienone is 2. The van der Waals surface area contributed by atoms with Gasteiger partial charge in [-0.15, -0.1) is 0 Å². The lowest BCUT2D eigenvalue weighted by molar-refractivity contribution is 0.604. The molecule has 2 aliphatic heterocycles. The van der Waals surface area contributed by atoms with Crippen molar-refractivity contribution < 1.29 is 8.42 Å². The predicted octanol–water partition coefficient (Wildman–Crippen LogP) is 8.94. The summed E-state index contributed by atoms with van der Waals surface area (Å²) in [5, 5.41) is 19.7. The number of anilines is 3. The Morgan fingerprint density at radius 3 is 1.86 bits per heavy atom. The summed E-state index contributed by atoms with van der Waals surface area (Å²) in [5.41, 5.74) is 7.70. The Balaban J connectivity index is 1.34. The van der Waals surface area contributed by atoms with E-state index in [4.69, 9.17) is 0 Å². The van der Waals surface area contributed by atoms with Gasteiger partial charge in [0.05, 0.1) is 21.2 Å². The van der Waals surface area contributed by atoms with Crippen molar-refractivity contribution >= 4 is 50.7 Å². The van der Waals surface area contributed by atoms with Crippen molar-refractivity contribution in [1.82, 2.24) is 0 Å². The number of benzene rings is 5. The van der Waals surface area contributed by atoms with Gasteiger partial charge in [0.25, 0.3) is 0 Å². The number of hydrogen-bond donors (Lipinski definition) is 0. The molecule has 0 atom stereocenters. The van der Waals surface area contributed by atoms with Crippen LogP contribution in [0, 0.1) is 22.7 Å². The van der Waals surface area contributed by atoms with Gasteiger partial charge in [-0.05, 0) is 70.3 Å². The van der Waals surface area contributed by atoms with Gasteiger partial charge in [-0.25, -0.2) is 8.42 Å². The summed E-state index contributed by atoms with van der Waals surface area (Å²) in [5.74, 6) is 0. The van der Waals surface area contributed by atoms with Crippen molar-refractivity contribution in [3.05, 3.63) is 154 Å². The van der Waals surface area contributed by atoms with Gasteiger partial charge in [0.1, 0.15) is 17.7 Å². The summed E-state index contributed by atoms with van der Waals surface area (Å²) >= 11 is 0. The first-order valence-corrected chi connectivity index (χ1v) is 15.5. The normalized spacial score (nSPS) is 15.0. The minimum Gasteiger partial charge on any atom is -0.309 e. The molecule has 0 unspecified atom stereocenters. The smallest absolute Gasteiger partial charge is 0.207 e. The minimum atomic E-state index is -3.99. The molecule has 0 aromatic heterocycles. The van der Waals surface area contributed by atoms with Gasteiger partial charge < -0.3 is 4.90 Å². The third-order valence-electron chi connectivity index (χ3n) is 7.90. The molecule has 0 saturated carbocycles. The minimum absolute atomic E-state index is 0.0572. The van der Waals surface area contributed by atoms with Crippen LogP contribution in [0.1, 0.15) is 22.3 Å². The molecule has 2 aliphatic rings. The summed E-state index contributed by atoms with van der Waals surface area (Å²) in [7, 11) is -3.99. The van der Waals surface area contributed by atoms with Crippen LogP contribution in [0.4, 0.5) is 17.1 Å². The zero-order chi connectivity index (χ0) is 30.3. The molecule has 0 radical (unpaired) electrons. The lowest BCUT2D eigenvalue weighted by atomic mass is 9.95. The summed E-state index contributed by atoms with van der Waals surface area (Å²) in [6.07, 6.45) is 5.76. The number of hydrogen-bond acceptors (Lipinski definition) is 5. The van der Waals surface area contributed by atoms with E-state index in [-0.39, 0.29) is 20.9 Å². The molecule has 44 heavy (non-hydrogen) atoms. The Hall–Kier alpha value is -5.95. The SMILES string of the molecule is N#CC(C#N)=C1/C(=C/c2ccc(N3c4ccccc4C=Cc4ccccc43)cc2)S(=O)(=O)c2ccc(-c3ccccc3)cc21. The molecule has 0 fully saturated rings. The fourth-order valence-electron chi connectivity index (χ4n) is 5.82. The third kappa shape index (κ3) is 4.42. The maximum atomic E-state index is 13.9. The van der Waals surface area contributed by atoms with Crippen molar-refractivity contribution in [2.45, 2.75) is 4.90 Å². The Morgan fingerprint density at radius 2 is 1.25 bits per heavy atom. The van der Waals surface area contributed by atoms with Gasteiger partial charge in [-0.1, -0.05) is 97.1 Å². The molecule has 0 aliphatic carbocycles. The molecule has 0 N–H and O–H groups in total. The van der Waals surface area contributed by atoms with Crippen molar-refractivity contribution in [2.75, 3.05) is 4.90 Å². The van der Waals surface area contributed by atoms with E-state index in [1.165, 1.54) is 0 Å². The van der Waals surface area contributed by atoms with E-state index in [0.717, 1.165) is 39.3 Å². The van der Waals surface area contributed by atoms with E-state index in [1.807, 2.05) is 91.0 Å². The van der Waals surface area contributed by atoms with Crippen LogP contribution in [0.5, 0.6) is 0 Å². The van der Waals surface area contributed by atoms with Crippen LogP contribution in [0.3, 0.4) is 0 Å². The molecule has 5 aromatic rings. The van der Waals surface area contributed by atoms with E-state index in [0.29, 0.717) is 11.1 Å². The lowest BCUT2D eigenvalue weighted by Crippen LogP contribution is -2.11. The second-order valence-electron chi connectivity index (χ2n) is 10.4. The molecular formula is C38H23N3O2S. The number of rotatable bonds is 3. The zero-order valence-electron chi connectivity index (χ0n) is 23.3.